The Labute approximate surface area is 354 Å². The van der Waals surface area contributed by atoms with Crippen LogP contribution in [0, 0.1) is 13.8 Å². The SMILES string of the molecule is CC(C)=CCC/C(C)=C/CC/C(C)=C/CC/C(C)=C/CC/C(C)=C/CC/C(C)=C/CC/C(C)=C/CC/C(C)=C/CC/C(C)=C/Cc1c(O)c(C)c(C)[13c](O)c1Br. The second-order valence-corrected chi connectivity index (χ2v) is 17.7. The molecule has 1 aromatic carbocycles. The molecule has 0 aromatic heterocycles. The first-order chi connectivity index (χ1) is 26.5. The van der Waals surface area contributed by atoms with Gasteiger partial charge in [-0.05, 0) is 219 Å². The minimum Gasteiger partial charge on any atom is -0.507 e. The van der Waals surface area contributed by atoms with Gasteiger partial charge in [-0.2, -0.15) is 0 Å². The molecule has 2 N–H and O–H groups in total. The van der Waals surface area contributed by atoms with Crippen LogP contribution >= 0.6 is 15.9 Å². The summed E-state index contributed by atoms with van der Waals surface area (Å²) in [5.41, 5.74) is 15.4. The lowest BCUT2D eigenvalue weighted by molar-refractivity contribution is 0.445. The predicted octanol–water partition coefficient (Wildman–Crippen LogP) is 17.8. The number of benzene rings is 1. The quantitative estimate of drug-likeness (QED) is 0.0721. The zero-order valence-electron chi connectivity index (χ0n) is 38.0. The molecular weight excluding hydrogens is 749 g/mol. The summed E-state index contributed by atoms with van der Waals surface area (Å²) in [6.07, 6.45) is 40.2. The minimum atomic E-state index is 0.218. The van der Waals surface area contributed by atoms with Gasteiger partial charge in [0.15, 0.2) is 0 Å². The summed E-state index contributed by atoms with van der Waals surface area (Å²) in [4.78, 5) is 0. The van der Waals surface area contributed by atoms with Gasteiger partial charge in [0.25, 0.3) is 0 Å². The molecule has 0 amide bonds. The Morgan fingerprint density at radius 2 is 0.607 bits per heavy atom. The number of hydrogen-bond acceptors (Lipinski definition) is 2. The molecule has 56 heavy (non-hydrogen) atoms. The Morgan fingerprint density at radius 3 is 0.875 bits per heavy atom. The Bertz CT molecular complexity index is 1610. The maximum atomic E-state index is 10.6. The van der Waals surface area contributed by atoms with Crippen LogP contribution in [0.1, 0.15) is 189 Å². The number of rotatable bonds is 26. The van der Waals surface area contributed by atoms with Crippen molar-refractivity contribution in [3.63, 3.8) is 0 Å². The van der Waals surface area contributed by atoms with Crippen LogP contribution in [-0.4, -0.2) is 10.2 Å². The molecule has 1 aromatic rings. The highest BCUT2D eigenvalue weighted by Crippen LogP contribution is 2.40. The monoisotopic (exact) mass is 830 g/mol. The fraction of sp³-hybridized carbons (Fsp3) is 0.547. The molecule has 312 valence electrons. The molecule has 2 nitrogen and oxygen atoms in total. The summed E-state index contributed by atoms with van der Waals surface area (Å²) >= 11 is 3.47. The van der Waals surface area contributed by atoms with Crippen molar-refractivity contribution < 1.29 is 10.2 Å². The largest absolute Gasteiger partial charge is 0.507 e. The Hall–Kier alpha value is -3.04. The van der Waals surface area contributed by atoms with Crippen LogP contribution in [0.3, 0.4) is 0 Å². The van der Waals surface area contributed by atoms with E-state index in [1.807, 2.05) is 13.8 Å². The maximum Gasteiger partial charge on any atom is 0.133 e. The summed E-state index contributed by atoms with van der Waals surface area (Å²) in [6, 6.07) is 0. The molecule has 0 saturated heterocycles. The van der Waals surface area contributed by atoms with Gasteiger partial charge in [-0.25, -0.2) is 0 Å². The van der Waals surface area contributed by atoms with Crippen molar-refractivity contribution >= 4 is 15.9 Å². The minimum absolute atomic E-state index is 0.218. The molecule has 0 aliphatic rings. The molecule has 0 saturated carbocycles. The van der Waals surface area contributed by atoms with Crippen LogP contribution < -0.4 is 0 Å². The van der Waals surface area contributed by atoms with E-state index < -0.39 is 0 Å². The standard InChI is InChI=1S/C53H81BrO2/c1-39(2)21-13-22-40(3)23-14-24-41(4)25-15-26-42(5)27-16-28-43(6)29-17-30-44(7)31-18-32-45(8)33-19-34-46(9)35-20-36-47(10)37-38-50-51(54)53(56)49(12)48(11)52(50)55/h21,23,25,27,29,31,33,35,37,55-56H,13-20,22,24,26,28,30,32,34,36,38H2,1-12H3/b40-23+,41-25+,42-27+,43-29+,44-31+,45-33+,46-35+,47-37+/i53+1. The van der Waals surface area contributed by atoms with E-state index in [1.54, 1.807) is 0 Å². The Kier molecular flexibility index (Phi) is 26.6. The van der Waals surface area contributed by atoms with Gasteiger partial charge >= 0.3 is 0 Å². The van der Waals surface area contributed by atoms with Gasteiger partial charge in [0, 0.05) is 5.56 Å². The van der Waals surface area contributed by atoms with Crippen LogP contribution in [0.5, 0.6) is 11.5 Å². The molecule has 0 spiro atoms. The van der Waals surface area contributed by atoms with Crippen molar-refractivity contribution in [2.75, 3.05) is 0 Å². The van der Waals surface area contributed by atoms with E-state index in [9.17, 15) is 10.2 Å². The second kappa shape index (κ2) is 29.2. The Balaban J connectivity index is 2.30. The lowest BCUT2D eigenvalue weighted by Gasteiger charge is -2.14. The maximum absolute atomic E-state index is 10.6. The van der Waals surface area contributed by atoms with Crippen molar-refractivity contribution in [3.8, 4) is 11.5 Å². The molecule has 0 fully saturated rings. The molecule has 3 heteroatoms. The summed E-state index contributed by atoms with van der Waals surface area (Å²) in [6.45, 7) is 26.1. The summed E-state index contributed by atoms with van der Waals surface area (Å²) in [5.74, 6) is 0.486. The smallest absolute Gasteiger partial charge is 0.133 e. The van der Waals surface area contributed by atoms with E-state index >= 15 is 0 Å². The zero-order valence-corrected chi connectivity index (χ0v) is 39.6. The van der Waals surface area contributed by atoms with E-state index in [0.29, 0.717) is 16.5 Å². The van der Waals surface area contributed by atoms with E-state index in [1.165, 1.54) is 69.4 Å². The van der Waals surface area contributed by atoms with Crippen molar-refractivity contribution in [1.29, 1.82) is 0 Å². The first-order valence-corrected chi connectivity index (χ1v) is 22.4. The molecule has 0 unspecified atom stereocenters. The summed E-state index contributed by atoms with van der Waals surface area (Å²) < 4.78 is 0.594. The normalized spacial score (nSPS) is 14.2. The topological polar surface area (TPSA) is 40.5 Å². The first kappa shape index (κ1) is 51.0. The molecular formula is C53H81BrO2. The number of phenolic OH excluding ortho intramolecular Hbond substituents is 2. The average Bonchev–Trinajstić information content (AvgIpc) is 3.13. The van der Waals surface area contributed by atoms with Gasteiger partial charge in [0.05, 0.1) is 4.47 Å². The number of allylic oxidation sites excluding steroid dienone is 18. The van der Waals surface area contributed by atoms with E-state index in [2.05, 4.69) is 140 Å². The van der Waals surface area contributed by atoms with Crippen LogP contribution in [0.4, 0.5) is 0 Å². The molecule has 0 radical (unpaired) electrons. The number of phenols is 2. The molecule has 0 bridgehead atoms. The summed E-state index contributed by atoms with van der Waals surface area (Å²) in [5, 5.41) is 21.0. The van der Waals surface area contributed by atoms with E-state index in [0.717, 1.165) is 94.6 Å². The lowest BCUT2D eigenvalue weighted by Crippen LogP contribution is -1.94. The lowest BCUT2D eigenvalue weighted by atomic mass is 10.0. The van der Waals surface area contributed by atoms with Gasteiger partial charge in [-0.1, -0.05) is 105 Å². The fourth-order valence-electron chi connectivity index (χ4n) is 6.68. The highest BCUT2D eigenvalue weighted by atomic mass is 79.9. The third-order valence-corrected chi connectivity index (χ3v) is 11.9. The van der Waals surface area contributed by atoms with E-state index in [-0.39, 0.29) is 11.5 Å². The molecule has 0 atom stereocenters. The second-order valence-electron chi connectivity index (χ2n) is 16.9. The molecule has 0 heterocycles. The van der Waals surface area contributed by atoms with Gasteiger partial charge in [0.1, 0.15) is 11.5 Å². The average molecular weight is 831 g/mol. The van der Waals surface area contributed by atoms with Crippen LogP contribution in [-0.2, 0) is 6.42 Å². The predicted molar refractivity (Wildman–Crippen MR) is 254 cm³/mol. The fourth-order valence-corrected chi connectivity index (χ4v) is 7.33. The van der Waals surface area contributed by atoms with Crippen molar-refractivity contribution in [2.45, 2.75) is 192 Å². The summed E-state index contributed by atoms with van der Waals surface area (Å²) in [7, 11) is 0. The highest BCUT2D eigenvalue weighted by Gasteiger charge is 2.16. The third kappa shape index (κ3) is 23.3. The van der Waals surface area contributed by atoms with Gasteiger partial charge < -0.3 is 10.2 Å². The van der Waals surface area contributed by atoms with Crippen molar-refractivity contribution in [1.82, 2.24) is 0 Å². The third-order valence-electron chi connectivity index (χ3n) is 11.0. The van der Waals surface area contributed by atoms with Gasteiger partial charge in [-0.15, -0.1) is 0 Å². The van der Waals surface area contributed by atoms with Gasteiger partial charge in [-0.3, -0.25) is 0 Å². The van der Waals surface area contributed by atoms with Crippen LogP contribution in [0.2, 0.25) is 0 Å². The number of hydrogen-bond donors (Lipinski definition) is 2. The van der Waals surface area contributed by atoms with E-state index in [4.69, 9.17) is 0 Å². The Morgan fingerprint density at radius 1 is 0.375 bits per heavy atom. The van der Waals surface area contributed by atoms with Crippen LogP contribution in [0.25, 0.3) is 0 Å². The molecule has 0 aliphatic carbocycles. The molecule has 0 aliphatic heterocycles. The molecule has 1 rings (SSSR count). The zero-order chi connectivity index (χ0) is 42.0. The van der Waals surface area contributed by atoms with Crippen molar-refractivity contribution in [3.05, 3.63) is 126 Å². The number of aromatic hydroxyl groups is 2. The highest BCUT2D eigenvalue weighted by molar-refractivity contribution is 9.10. The first-order valence-electron chi connectivity index (χ1n) is 21.6. The van der Waals surface area contributed by atoms with Crippen LogP contribution in [0.15, 0.2) is 109 Å². The number of halogens is 1. The van der Waals surface area contributed by atoms with Crippen molar-refractivity contribution in [2.24, 2.45) is 0 Å². The van der Waals surface area contributed by atoms with Gasteiger partial charge in [0.2, 0.25) is 0 Å².